The first kappa shape index (κ1) is 20.4. The van der Waals surface area contributed by atoms with Gasteiger partial charge in [-0.1, -0.05) is 24.3 Å². The van der Waals surface area contributed by atoms with Gasteiger partial charge in [-0.25, -0.2) is 4.68 Å². The molecule has 1 fully saturated rings. The molecule has 2 N–H and O–H groups in total. The Kier molecular flexibility index (Phi) is 5.05. The molecule has 30 heavy (non-hydrogen) atoms. The highest BCUT2D eigenvalue weighted by Crippen LogP contribution is 2.44. The largest absolute Gasteiger partial charge is 0.393 e. The highest BCUT2D eigenvalue weighted by molar-refractivity contribution is 5.78. The summed E-state index contributed by atoms with van der Waals surface area (Å²) in [5.74, 6) is 0.588. The number of nitrogens with one attached hydrogen (secondary N) is 1. The van der Waals surface area contributed by atoms with Gasteiger partial charge in [-0.3, -0.25) is 9.78 Å². The molecule has 0 radical (unpaired) electrons. The third-order valence-electron chi connectivity index (χ3n) is 5.25. The van der Waals surface area contributed by atoms with Crippen LogP contribution in [0, 0.1) is 5.92 Å². The van der Waals surface area contributed by atoms with E-state index in [0.29, 0.717) is 11.6 Å². The Hall–Kier alpha value is -2.88. The van der Waals surface area contributed by atoms with E-state index in [1.165, 1.54) is 12.1 Å². The number of H-pyrrole nitrogens is 1. The summed E-state index contributed by atoms with van der Waals surface area (Å²) < 4.78 is 39.7. The SMILES string of the molecule is CN(C)c1nc2c(c(CO)nn2C(c2ccc(CC(F)(F)F)cc2)C2CC2)c(=O)[nH]1. The first-order valence-corrected chi connectivity index (χ1v) is 9.63. The van der Waals surface area contributed by atoms with Gasteiger partial charge in [-0.15, -0.1) is 0 Å². The van der Waals surface area contributed by atoms with Crippen LogP contribution in [0.1, 0.15) is 35.7 Å². The van der Waals surface area contributed by atoms with Crippen molar-refractivity contribution in [1.82, 2.24) is 19.7 Å². The number of hydrogen-bond acceptors (Lipinski definition) is 5. The maximum atomic E-state index is 12.7. The van der Waals surface area contributed by atoms with Crippen molar-refractivity contribution in [2.75, 3.05) is 19.0 Å². The number of anilines is 1. The van der Waals surface area contributed by atoms with Gasteiger partial charge in [-0.05, 0) is 29.9 Å². The summed E-state index contributed by atoms with van der Waals surface area (Å²) in [6, 6.07) is 6.02. The molecule has 1 atom stereocenters. The molecule has 160 valence electrons. The van der Waals surface area contributed by atoms with Crippen LogP contribution in [0.25, 0.3) is 11.0 Å². The van der Waals surface area contributed by atoms with E-state index in [1.807, 2.05) is 0 Å². The number of halogens is 3. The molecule has 1 aliphatic rings. The van der Waals surface area contributed by atoms with Crippen LogP contribution in [0.15, 0.2) is 29.1 Å². The molecule has 0 aliphatic heterocycles. The monoisotopic (exact) mass is 421 g/mol. The number of hydrogen-bond donors (Lipinski definition) is 2. The van der Waals surface area contributed by atoms with Gasteiger partial charge in [0.1, 0.15) is 11.1 Å². The fourth-order valence-corrected chi connectivity index (χ4v) is 3.71. The molecule has 1 unspecified atom stereocenters. The molecule has 1 aromatic carbocycles. The zero-order valence-corrected chi connectivity index (χ0v) is 16.6. The summed E-state index contributed by atoms with van der Waals surface area (Å²) in [5.41, 5.74) is 1.16. The molecular formula is C20H22F3N5O2. The lowest BCUT2D eigenvalue weighted by Gasteiger charge is -2.19. The van der Waals surface area contributed by atoms with E-state index in [9.17, 15) is 23.1 Å². The Morgan fingerprint density at radius 2 is 1.93 bits per heavy atom. The van der Waals surface area contributed by atoms with Crippen molar-refractivity contribution in [2.24, 2.45) is 5.92 Å². The summed E-state index contributed by atoms with van der Waals surface area (Å²) in [6.07, 6.45) is -3.37. The maximum Gasteiger partial charge on any atom is 0.393 e. The molecule has 10 heteroatoms. The third kappa shape index (κ3) is 3.91. The van der Waals surface area contributed by atoms with E-state index < -0.39 is 24.8 Å². The summed E-state index contributed by atoms with van der Waals surface area (Å²) in [5, 5.41) is 14.4. The minimum atomic E-state index is -4.26. The molecule has 0 amide bonds. The second kappa shape index (κ2) is 7.42. The van der Waals surface area contributed by atoms with Crippen LogP contribution in [0.4, 0.5) is 19.1 Å². The van der Waals surface area contributed by atoms with Crippen LogP contribution >= 0.6 is 0 Å². The van der Waals surface area contributed by atoms with Crippen LogP contribution in [0.2, 0.25) is 0 Å². The average molecular weight is 421 g/mol. The normalized spacial score (nSPS) is 15.5. The fourth-order valence-electron chi connectivity index (χ4n) is 3.71. The van der Waals surface area contributed by atoms with Gasteiger partial charge in [-0.2, -0.15) is 23.3 Å². The second-order valence-electron chi connectivity index (χ2n) is 7.85. The minimum absolute atomic E-state index is 0.187. The Labute approximate surface area is 170 Å². The molecule has 0 saturated heterocycles. The molecule has 1 aliphatic carbocycles. The van der Waals surface area contributed by atoms with E-state index in [1.54, 1.807) is 35.8 Å². The highest BCUT2D eigenvalue weighted by Gasteiger charge is 2.36. The minimum Gasteiger partial charge on any atom is -0.390 e. The number of nitrogens with zero attached hydrogens (tertiary/aromatic N) is 4. The van der Waals surface area contributed by atoms with Crippen molar-refractivity contribution in [2.45, 2.75) is 38.1 Å². The number of aromatic nitrogens is 4. The average Bonchev–Trinajstić information content (AvgIpc) is 3.43. The van der Waals surface area contributed by atoms with Crippen molar-refractivity contribution in [1.29, 1.82) is 0 Å². The maximum absolute atomic E-state index is 12.7. The standard InChI is InChI=1S/C20H22F3N5O2/c1-27(2)19-24-17-15(18(30)25-19)14(10-29)26-28(17)16(13-7-8-13)12-5-3-11(4-6-12)9-20(21,22)23/h3-6,13,16,29H,7-10H2,1-2H3,(H,24,25,30). The lowest BCUT2D eigenvalue weighted by atomic mass is 10.00. The van der Waals surface area contributed by atoms with Gasteiger partial charge in [0.05, 0.1) is 19.1 Å². The molecule has 0 spiro atoms. The first-order valence-electron chi connectivity index (χ1n) is 9.63. The number of alkyl halides is 3. The Morgan fingerprint density at radius 3 is 2.47 bits per heavy atom. The lowest BCUT2D eigenvalue weighted by molar-refractivity contribution is -0.127. The van der Waals surface area contributed by atoms with Crippen molar-refractivity contribution in [3.63, 3.8) is 0 Å². The summed E-state index contributed by atoms with van der Waals surface area (Å²) >= 11 is 0. The van der Waals surface area contributed by atoms with Gasteiger partial charge >= 0.3 is 6.18 Å². The van der Waals surface area contributed by atoms with Crippen LogP contribution in [-0.2, 0) is 13.0 Å². The van der Waals surface area contributed by atoms with Crippen LogP contribution < -0.4 is 10.5 Å². The molecular weight excluding hydrogens is 399 g/mol. The number of aromatic amines is 1. The third-order valence-corrected chi connectivity index (χ3v) is 5.25. The van der Waals surface area contributed by atoms with Gasteiger partial charge in [0.15, 0.2) is 5.65 Å². The summed E-state index contributed by atoms with van der Waals surface area (Å²) in [6.45, 7) is -0.419. The molecule has 3 aromatic rings. The number of benzene rings is 1. The highest BCUT2D eigenvalue weighted by atomic mass is 19.4. The molecule has 7 nitrogen and oxygen atoms in total. The fraction of sp³-hybridized carbons (Fsp3) is 0.450. The van der Waals surface area contributed by atoms with E-state index in [4.69, 9.17) is 0 Å². The van der Waals surface area contributed by atoms with Crippen LogP contribution in [0.3, 0.4) is 0 Å². The smallest absolute Gasteiger partial charge is 0.390 e. The van der Waals surface area contributed by atoms with Crippen molar-refractivity contribution < 1.29 is 18.3 Å². The Bertz CT molecular complexity index is 1110. The van der Waals surface area contributed by atoms with Gasteiger partial charge in [0, 0.05) is 14.1 Å². The topological polar surface area (TPSA) is 87.0 Å². The Morgan fingerprint density at radius 1 is 1.27 bits per heavy atom. The number of fused-ring (bicyclic) bond motifs is 1. The van der Waals surface area contributed by atoms with Gasteiger partial charge in [0.25, 0.3) is 5.56 Å². The lowest BCUT2D eigenvalue weighted by Crippen LogP contribution is -2.21. The first-order chi connectivity index (χ1) is 14.2. The quantitative estimate of drug-likeness (QED) is 0.639. The zero-order chi connectivity index (χ0) is 21.6. The van der Waals surface area contributed by atoms with Crippen LogP contribution in [-0.4, -0.2) is 45.1 Å². The summed E-state index contributed by atoms with van der Waals surface area (Å²) in [4.78, 5) is 21.5. The number of rotatable bonds is 6. The second-order valence-corrected chi connectivity index (χ2v) is 7.85. The van der Waals surface area contributed by atoms with Crippen LogP contribution in [0.5, 0.6) is 0 Å². The van der Waals surface area contributed by atoms with Crippen molar-refractivity contribution >= 4 is 17.0 Å². The number of aliphatic hydroxyl groups excluding tert-OH is 1. The van der Waals surface area contributed by atoms with Crippen molar-refractivity contribution in [3.05, 3.63) is 51.4 Å². The molecule has 2 heterocycles. The van der Waals surface area contributed by atoms with Crippen molar-refractivity contribution in [3.8, 4) is 0 Å². The zero-order valence-electron chi connectivity index (χ0n) is 16.6. The van der Waals surface area contributed by atoms with E-state index >= 15 is 0 Å². The molecule has 4 rings (SSSR count). The predicted octanol–water partition coefficient (Wildman–Crippen LogP) is 2.78. The van der Waals surface area contributed by atoms with Gasteiger partial charge < -0.3 is 10.0 Å². The molecule has 2 aromatic heterocycles. The van der Waals surface area contributed by atoms with Gasteiger partial charge in [0.2, 0.25) is 5.95 Å². The molecule has 0 bridgehead atoms. The van der Waals surface area contributed by atoms with E-state index in [-0.39, 0.29) is 28.6 Å². The van der Waals surface area contributed by atoms with E-state index in [0.717, 1.165) is 18.4 Å². The predicted molar refractivity (Wildman–Crippen MR) is 105 cm³/mol. The number of aliphatic hydroxyl groups is 1. The molecule has 1 saturated carbocycles. The Balaban J connectivity index is 1.83. The van der Waals surface area contributed by atoms with E-state index in [2.05, 4.69) is 15.1 Å². The summed E-state index contributed by atoms with van der Waals surface area (Å²) in [7, 11) is 3.49.